The maximum Gasteiger partial charge on any atom is 0.306 e. The highest BCUT2D eigenvalue weighted by Gasteiger charge is 2.15. The Labute approximate surface area is 157 Å². The predicted octanol–water partition coefficient (Wildman–Crippen LogP) is 2.10. The minimum atomic E-state index is -0.487. The molecule has 2 aromatic rings. The van der Waals surface area contributed by atoms with Gasteiger partial charge in [-0.2, -0.15) is 0 Å². The van der Waals surface area contributed by atoms with E-state index in [1.807, 2.05) is 0 Å². The van der Waals surface area contributed by atoms with Gasteiger partial charge in [0.15, 0.2) is 6.61 Å². The highest BCUT2D eigenvalue weighted by atomic mass is 16.5. The molecule has 1 aliphatic rings. The molecule has 7 heteroatoms. The van der Waals surface area contributed by atoms with Gasteiger partial charge in [-0.3, -0.25) is 14.4 Å². The average Bonchev–Trinajstić information content (AvgIpc) is 2.70. The number of nitrogens with zero attached hydrogens (tertiary/aromatic N) is 1. The first-order valence-electron chi connectivity index (χ1n) is 9.52. The summed E-state index contributed by atoms with van der Waals surface area (Å²) in [5, 5.41) is 3.35. The maximum atomic E-state index is 12.0. The van der Waals surface area contributed by atoms with Crippen LogP contribution in [0.2, 0.25) is 0 Å². The van der Waals surface area contributed by atoms with E-state index in [4.69, 9.17) is 4.74 Å². The molecule has 1 fully saturated rings. The Kier molecular flexibility index (Phi) is 6.57. The zero-order chi connectivity index (χ0) is 19.1. The molecule has 7 nitrogen and oxygen atoms in total. The van der Waals surface area contributed by atoms with Crippen LogP contribution in [0.25, 0.3) is 10.9 Å². The summed E-state index contributed by atoms with van der Waals surface area (Å²) in [6, 6.07) is 7.03. The van der Waals surface area contributed by atoms with E-state index in [9.17, 15) is 14.4 Å². The molecule has 0 spiro atoms. The van der Waals surface area contributed by atoms with Gasteiger partial charge in [-0.05, 0) is 30.9 Å². The van der Waals surface area contributed by atoms with Crippen LogP contribution in [0.1, 0.15) is 44.3 Å². The van der Waals surface area contributed by atoms with Gasteiger partial charge in [-0.25, -0.2) is 4.98 Å². The smallest absolute Gasteiger partial charge is 0.306 e. The molecule has 1 aromatic heterocycles. The molecule has 1 aromatic carbocycles. The highest BCUT2D eigenvalue weighted by molar-refractivity contribution is 5.80. The topological polar surface area (TPSA) is 101 Å². The van der Waals surface area contributed by atoms with Crippen molar-refractivity contribution >= 4 is 22.8 Å². The normalized spacial score (nSPS) is 14.8. The summed E-state index contributed by atoms with van der Waals surface area (Å²) in [4.78, 5) is 42.7. The number of ether oxygens (including phenoxy) is 1. The molecule has 2 N–H and O–H groups in total. The summed E-state index contributed by atoms with van der Waals surface area (Å²) in [5.41, 5.74) is 0.359. The number of hydrogen-bond donors (Lipinski definition) is 2. The minimum absolute atomic E-state index is 0.0528. The largest absolute Gasteiger partial charge is 0.456 e. The molecule has 0 bridgehead atoms. The molecule has 0 radical (unpaired) electrons. The van der Waals surface area contributed by atoms with Gasteiger partial charge in [0.25, 0.3) is 11.5 Å². The number of aryl methyl sites for hydroxylation is 1. The Hall–Kier alpha value is -2.70. The van der Waals surface area contributed by atoms with Gasteiger partial charge in [0.05, 0.1) is 17.3 Å². The van der Waals surface area contributed by atoms with Crippen molar-refractivity contribution < 1.29 is 14.3 Å². The average molecular weight is 371 g/mol. The summed E-state index contributed by atoms with van der Waals surface area (Å²) >= 11 is 0. The first-order chi connectivity index (χ1) is 13.1. The summed E-state index contributed by atoms with van der Waals surface area (Å²) in [6.45, 7) is 0.381. The maximum absolute atomic E-state index is 12.0. The summed E-state index contributed by atoms with van der Waals surface area (Å²) in [7, 11) is 0. The van der Waals surface area contributed by atoms with Gasteiger partial charge in [0.1, 0.15) is 5.82 Å². The fraction of sp³-hybridized carbons (Fsp3) is 0.500. The van der Waals surface area contributed by atoms with Gasteiger partial charge in [0.2, 0.25) is 0 Å². The Bertz CT molecular complexity index is 856. The molecular weight excluding hydrogens is 346 g/mol. The summed E-state index contributed by atoms with van der Waals surface area (Å²) < 4.78 is 5.01. The Morgan fingerprint density at radius 1 is 1.19 bits per heavy atom. The Balaban J connectivity index is 1.40. The zero-order valence-corrected chi connectivity index (χ0v) is 15.3. The van der Waals surface area contributed by atoms with E-state index in [0.29, 0.717) is 29.2 Å². The monoisotopic (exact) mass is 371 g/mol. The second-order valence-corrected chi connectivity index (χ2v) is 7.00. The lowest BCUT2D eigenvalue weighted by atomic mass is 9.89. The van der Waals surface area contributed by atoms with Gasteiger partial charge in [-0.15, -0.1) is 0 Å². The number of benzene rings is 1. The molecule has 27 heavy (non-hydrogen) atoms. The number of nitrogens with one attached hydrogen (secondary N) is 2. The minimum Gasteiger partial charge on any atom is -0.456 e. The van der Waals surface area contributed by atoms with E-state index < -0.39 is 5.97 Å². The quantitative estimate of drug-likeness (QED) is 0.726. The Morgan fingerprint density at radius 2 is 1.96 bits per heavy atom. The number of para-hydroxylation sites is 1. The number of aromatic nitrogens is 2. The predicted molar refractivity (Wildman–Crippen MR) is 101 cm³/mol. The van der Waals surface area contributed by atoms with Crippen LogP contribution in [0.5, 0.6) is 0 Å². The lowest BCUT2D eigenvalue weighted by Gasteiger charge is -2.21. The van der Waals surface area contributed by atoms with Crippen LogP contribution in [0.4, 0.5) is 0 Å². The van der Waals surface area contributed by atoms with Crippen LogP contribution in [0.15, 0.2) is 29.1 Å². The number of amides is 1. The van der Waals surface area contributed by atoms with Crippen LogP contribution < -0.4 is 10.9 Å². The number of H-pyrrole nitrogens is 1. The van der Waals surface area contributed by atoms with Crippen LogP contribution >= 0.6 is 0 Å². The van der Waals surface area contributed by atoms with Crippen LogP contribution in [-0.2, 0) is 20.7 Å². The van der Waals surface area contributed by atoms with Crippen molar-refractivity contribution in [2.45, 2.75) is 44.9 Å². The van der Waals surface area contributed by atoms with Crippen LogP contribution in [0.3, 0.4) is 0 Å². The van der Waals surface area contributed by atoms with Crippen LogP contribution in [-0.4, -0.2) is 35.0 Å². The second kappa shape index (κ2) is 9.30. The molecule has 0 atom stereocenters. The lowest BCUT2D eigenvalue weighted by Crippen LogP contribution is -2.33. The SMILES string of the molecule is O=C(COC(=O)CCc1nc2ccccc2c(=O)[nH]1)NCC1CCCCC1. The van der Waals surface area contributed by atoms with Gasteiger partial charge >= 0.3 is 5.97 Å². The molecule has 3 rings (SSSR count). The number of esters is 1. The Morgan fingerprint density at radius 3 is 2.78 bits per heavy atom. The molecule has 1 amide bonds. The first-order valence-corrected chi connectivity index (χ1v) is 9.52. The highest BCUT2D eigenvalue weighted by Crippen LogP contribution is 2.22. The third kappa shape index (κ3) is 5.64. The molecule has 1 saturated carbocycles. The van der Waals surface area contributed by atoms with Gasteiger partial charge in [0, 0.05) is 13.0 Å². The van der Waals surface area contributed by atoms with Gasteiger partial charge < -0.3 is 15.0 Å². The van der Waals surface area contributed by atoms with Gasteiger partial charge in [-0.1, -0.05) is 31.4 Å². The molecule has 1 aliphatic carbocycles. The van der Waals surface area contributed by atoms with E-state index in [2.05, 4.69) is 15.3 Å². The number of aromatic amines is 1. The van der Waals surface area contributed by atoms with E-state index in [0.717, 1.165) is 12.8 Å². The molecule has 0 unspecified atom stereocenters. The third-order valence-corrected chi connectivity index (χ3v) is 4.90. The van der Waals surface area contributed by atoms with Crippen molar-refractivity contribution in [3.63, 3.8) is 0 Å². The third-order valence-electron chi connectivity index (χ3n) is 4.90. The van der Waals surface area contributed by atoms with Crippen molar-refractivity contribution in [2.24, 2.45) is 5.92 Å². The number of carbonyl (C=O) groups is 2. The molecule has 0 aliphatic heterocycles. The van der Waals surface area contributed by atoms with Crippen molar-refractivity contribution in [1.29, 1.82) is 0 Å². The van der Waals surface area contributed by atoms with Crippen molar-refractivity contribution in [3.05, 3.63) is 40.4 Å². The van der Waals surface area contributed by atoms with E-state index in [-0.39, 0.29) is 30.9 Å². The molecule has 1 heterocycles. The molecular formula is C20H25N3O4. The standard InChI is InChI=1S/C20H25N3O4/c24-18(21-12-14-6-2-1-3-7-14)13-27-19(25)11-10-17-22-16-9-5-4-8-15(16)20(26)23-17/h4-5,8-9,14H,1-3,6-7,10-13H2,(H,21,24)(H,22,23,26). The number of rotatable bonds is 7. The summed E-state index contributed by atoms with van der Waals surface area (Å²) in [6.07, 6.45) is 6.33. The first kappa shape index (κ1) is 19.1. The number of hydrogen-bond acceptors (Lipinski definition) is 5. The van der Waals surface area contributed by atoms with Crippen molar-refractivity contribution in [3.8, 4) is 0 Å². The second-order valence-electron chi connectivity index (χ2n) is 7.00. The molecule has 144 valence electrons. The van der Waals surface area contributed by atoms with E-state index in [1.54, 1.807) is 24.3 Å². The van der Waals surface area contributed by atoms with Crippen molar-refractivity contribution in [2.75, 3.05) is 13.2 Å². The number of fused-ring (bicyclic) bond motifs is 1. The molecule has 0 saturated heterocycles. The van der Waals surface area contributed by atoms with Crippen molar-refractivity contribution in [1.82, 2.24) is 15.3 Å². The van der Waals surface area contributed by atoms with E-state index >= 15 is 0 Å². The number of carbonyl (C=O) groups excluding carboxylic acids is 2. The van der Waals surface area contributed by atoms with E-state index in [1.165, 1.54) is 19.3 Å². The lowest BCUT2D eigenvalue weighted by molar-refractivity contribution is -0.148. The fourth-order valence-electron chi connectivity index (χ4n) is 3.39. The zero-order valence-electron chi connectivity index (χ0n) is 15.3. The van der Waals surface area contributed by atoms with Crippen LogP contribution in [0, 0.1) is 5.92 Å². The fourth-order valence-corrected chi connectivity index (χ4v) is 3.39. The summed E-state index contributed by atoms with van der Waals surface area (Å²) in [5.74, 6) is 0.205.